The van der Waals surface area contributed by atoms with E-state index in [9.17, 15) is 10.1 Å². The van der Waals surface area contributed by atoms with Crippen LogP contribution in [0.1, 0.15) is 5.56 Å². The molecule has 3 aromatic rings. The first-order chi connectivity index (χ1) is 9.16. The Labute approximate surface area is 116 Å². The lowest BCUT2D eigenvalue weighted by atomic mass is 10.3. The van der Waals surface area contributed by atoms with Crippen molar-refractivity contribution in [3.63, 3.8) is 0 Å². The second-order valence-corrected chi connectivity index (χ2v) is 5.71. The Morgan fingerprint density at radius 1 is 1.53 bits per heavy atom. The minimum Gasteiger partial charge on any atom is -0.358 e. The van der Waals surface area contributed by atoms with Crippen LogP contribution in [0.15, 0.2) is 28.4 Å². The molecule has 98 valence electrons. The van der Waals surface area contributed by atoms with Gasteiger partial charge in [0.1, 0.15) is 6.20 Å². The number of hydrogen-bond donors (Lipinski definition) is 0. The first-order valence-corrected chi connectivity index (χ1v) is 7.31. The lowest BCUT2D eigenvalue weighted by molar-refractivity contribution is -0.389. The number of thiophene rings is 1. The number of thiazole rings is 1. The molecule has 19 heavy (non-hydrogen) atoms. The zero-order valence-corrected chi connectivity index (χ0v) is 11.6. The maximum Gasteiger partial charge on any atom is 0.373 e. The van der Waals surface area contributed by atoms with Crippen LogP contribution in [0.2, 0.25) is 0 Å². The molecule has 3 rings (SSSR count). The van der Waals surface area contributed by atoms with E-state index in [1.807, 2.05) is 23.9 Å². The van der Waals surface area contributed by atoms with E-state index in [0.717, 1.165) is 5.56 Å². The van der Waals surface area contributed by atoms with Gasteiger partial charge in [0, 0.05) is 19.0 Å². The van der Waals surface area contributed by atoms with Gasteiger partial charge in [-0.25, -0.2) is 0 Å². The van der Waals surface area contributed by atoms with E-state index in [2.05, 4.69) is 4.98 Å². The van der Waals surface area contributed by atoms with Crippen LogP contribution in [0.5, 0.6) is 0 Å². The van der Waals surface area contributed by atoms with Crippen molar-refractivity contribution in [2.45, 2.75) is 6.54 Å². The standard InChI is InChI=1S/C11H10N4O2S2/c1-13(6-8-2-4-18-7-8)9-10(15(16)17)14-3-5-19-11(14)12-9/h2-5,7H,6H2,1H3. The lowest BCUT2D eigenvalue weighted by Gasteiger charge is -2.14. The smallest absolute Gasteiger partial charge is 0.358 e. The predicted octanol–water partition coefficient (Wildman–Crippen LogP) is 3.00. The molecule has 0 unspecified atom stereocenters. The summed E-state index contributed by atoms with van der Waals surface area (Å²) in [4.78, 5) is 17.6. The number of nitro groups is 1. The van der Waals surface area contributed by atoms with Gasteiger partial charge >= 0.3 is 5.82 Å². The zero-order valence-electron chi connectivity index (χ0n) is 10.0. The van der Waals surface area contributed by atoms with Crippen LogP contribution in [0.4, 0.5) is 11.6 Å². The molecule has 0 saturated carbocycles. The monoisotopic (exact) mass is 294 g/mol. The van der Waals surface area contributed by atoms with E-state index in [0.29, 0.717) is 17.3 Å². The molecule has 6 nitrogen and oxygen atoms in total. The Bertz CT molecular complexity index is 716. The van der Waals surface area contributed by atoms with Crippen LogP contribution in [0.25, 0.3) is 4.96 Å². The number of aromatic nitrogens is 2. The summed E-state index contributed by atoms with van der Waals surface area (Å²) in [5.41, 5.74) is 1.12. The molecule has 0 N–H and O–H groups in total. The van der Waals surface area contributed by atoms with Gasteiger partial charge in [-0.05, 0) is 27.3 Å². The molecule has 0 aliphatic rings. The van der Waals surface area contributed by atoms with Gasteiger partial charge in [-0.15, -0.1) is 0 Å². The van der Waals surface area contributed by atoms with E-state index in [4.69, 9.17) is 0 Å². The molecule has 0 spiro atoms. The molecule has 0 saturated heterocycles. The lowest BCUT2D eigenvalue weighted by Crippen LogP contribution is -2.17. The molecule has 8 heteroatoms. The minimum absolute atomic E-state index is 0.0222. The maximum absolute atomic E-state index is 11.2. The fraction of sp³-hybridized carbons (Fsp3) is 0.182. The molecule has 0 radical (unpaired) electrons. The Balaban J connectivity index is 2.01. The number of imidazole rings is 1. The van der Waals surface area contributed by atoms with Crippen LogP contribution in [0.3, 0.4) is 0 Å². The van der Waals surface area contributed by atoms with Gasteiger partial charge in [0.25, 0.3) is 4.96 Å². The van der Waals surface area contributed by atoms with E-state index >= 15 is 0 Å². The molecule has 0 aromatic carbocycles. The summed E-state index contributed by atoms with van der Waals surface area (Å²) < 4.78 is 1.52. The fourth-order valence-electron chi connectivity index (χ4n) is 1.92. The fourth-order valence-corrected chi connectivity index (χ4v) is 3.28. The van der Waals surface area contributed by atoms with E-state index < -0.39 is 0 Å². The quantitative estimate of drug-likeness (QED) is 0.548. The van der Waals surface area contributed by atoms with E-state index in [1.165, 1.54) is 15.7 Å². The van der Waals surface area contributed by atoms with Gasteiger partial charge in [0.15, 0.2) is 0 Å². The number of anilines is 1. The summed E-state index contributed by atoms with van der Waals surface area (Å²) in [6.45, 7) is 0.606. The highest BCUT2D eigenvalue weighted by Crippen LogP contribution is 2.31. The highest BCUT2D eigenvalue weighted by atomic mass is 32.1. The average Bonchev–Trinajstić information content (AvgIpc) is 3.02. The number of rotatable bonds is 4. The minimum atomic E-state index is -0.383. The van der Waals surface area contributed by atoms with Gasteiger partial charge in [-0.3, -0.25) is 0 Å². The summed E-state index contributed by atoms with van der Waals surface area (Å²) >= 11 is 3.00. The van der Waals surface area contributed by atoms with Gasteiger partial charge in [-0.2, -0.15) is 20.7 Å². The molecule has 0 aliphatic heterocycles. The number of fused-ring (bicyclic) bond motifs is 1. The molecular weight excluding hydrogens is 284 g/mol. The largest absolute Gasteiger partial charge is 0.373 e. The van der Waals surface area contributed by atoms with Crippen LogP contribution in [0, 0.1) is 10.1 Å². The van der Waals surface area contributed by atoms with Gasteiger partial charge < -0.3 is 15.0 Å². The van der Waals surface area contributed by atoms with Crippen LogP contribution < -0.4 is 4.90 Å². The third kappa shape index (κ3) is 2.08. The third-order valence-corrected chi connectivity index (χ3v) is 4.24. The topological polar surface area (TPSA) is 63.7 Å². The summed E-state index contributed by atoms with van der Waals surface area (Å²) in [6.07, 6.45) is 1.67. The van der Waals surface area contributed by atoms with Crippen molar-refractivity contribution in [2.75, 3.05) is 11.9 Å². The Morgan fingerprint density at radius 2 is 2.37 bits per heavy atom. The van der Waals surface area contributed by atoms with Crippen molar-refractivity contribution in [2.24, 2.45) is 0 Å². The molecular formula is C11H10N4O2S2. The van der Waals surface area contributed by atoms with Gasteiger partial charge in [-0.1, -0.05) is 11.3 Å². The molecule has 0 fully saturated rings. The number of nitrogens with zero attached hydrogens (tertiary/aromatic N) is 4. The van der Waals surface area contributed by atoms with E-state index in [1.54, 1.807) is 27.8 Å². The van der Waals surface area contributed by atoms with Crippen molar-refractivity contribution in [1.82, 2.24) is 9.38 Å². The average molecular weight is 294 g/mol. The summed E-state index contributed by atoms with van der Waals surface area (Å²) in [5, 5.41) is 17.0. The normalized spacial score (nSPS) is 11.0. The van der Waals surface area contributed by atoms with Crippen molar-refractivity contribution < 1.29 is 4.92 Å². The Hall–Kier alpha value is -1.93. The summed E-state index contributed by atoms with van der Waals surface area (Å²) in [7, 11) is 1.82. The van der Waals surface area contributed by atoms with Crippen molar-refractivity contribution in [3.8, 4) is 0 Å². The van der Waals surface area contributed by atoms with E-state index in [-0.39, 0.29) is 10.7 Å². The second-order valence-electron chi connectivity index (χ2n) is 4.06. The Morgan fingerprint density at radius 3 is 3.05 bits per heavy atom. The highest BCUT2D eigenvalue weighted by Gasteiger charge is 2.26. The van der Waals surface area contributed by atoms with Crippen LogP contribution >= 0.6 is 22.7 Å². The second kappa shape index (κ2) is 4.63. The maximum atomic E-state index is 11.2. The van der Waals surface area contributed by atoms with Gasteiger partial charge in [0.2, 0.25) is 5.82 Å². The molecule has 0 bridgehead atoms. The molecule has 3 heterocycles. The van der Waals surface area contributed by atoms with Crippen LogP contribution in [-0.2, 0) is 6.54 Å². The highest BCUT2D eigenvalue weighted by molar-refractivity contribution is 7.15. The first kappa shape index (κ1) is 12.1. The van der Waals surface area contributed by atoms with Crippen LogP contribution in [-0.4, -0.2) is 21.4 Å². The molecule has 0 amide bonds. The summed E-state index contributed by atoms with van der Waals surface area (Å²) in [6, 6.07) is 2.01. The third-order valence-electron chi connectivity index (χ3n) is 2.75. The van der Waals surface area contributed by atoms with Gasteiger partial charge in [0.05, 0.1) is 0 Å². The Kier molecular flexibility index (Phi) is 2.96. The van der Waals surface area contributed by atoms with Crippen molar-refractivity contribution in [3.05, 3.63) is 44.1 Å². The first-order valence-electron chi connectivity index (χ1n) is 5.49. The SMILES string of the molecule is CN(Cc1ccsc1)c1nc2sccn2c1[N+](=O)[O-]. The zero-order chi connectivity index (χ0) is 13.4. The molecule has 3 aromatic heterocycles. The van der Waals surface area contributed by atoms with Crippen molar-refractivity contribution >= 4 is 39.3 Å². The number of hydrogen-bond acceptors (Lipinski definition) is 6. The summed E-state index contributed by atoms with van der Waals surface area (Å²) in [5.74, 6) is 0.428. The molecule has 0 atom stereocenters. The molecule has 0 aliphatic carbocycles. The van der Waals surface area contributed by atoms with Crippen molar-refractivity contribution in [1.29, 1.82) is 0 Å². The predicted molar refractivity (Wildman–Crippen MR) is 76.1 cm³/mol.